The van der Waals surface area contributed by atoms with Crippen LogP contribution in [-0.2, 0) is 23.2 Å². The summed E-state index contributed by atoms with van der Waals surface area (Å²) in [5.41, 5.74) is 1.71. The SMILES string of the molecule is C[C@@]1(c2ccco2)NC(=O)N(CC(=O)c2ccc3c(c2)CCC3)C1=O. The van der Waals surface area contributed by atoms with E-state index >= 15 is 0 Å². The summed E-state index contributed by atoms with van der Waals surface area (Å²) in [6.45, 7) is 1.30. The minimum absolute atomic E-state index is 0.248. The number of carbonyl (C=O) groups is 3. The second kappa shape index (κ2) is 5.58. The summed E-state index contributed by atoms with van der Waals surface area (Å²) in [7, 11) is 0. The van der Waals surface area contributed by atoms with Crippen molar-refractivity contribution in [1.82, 2.24) is 10.2 Å². The lowest BCUT2D eigenvalue weighted by Crippen LogP contribution is -2.41. The first-order valence-corrected chi connectivity index (χ1v) is 8.32. The molecule has 2 heterocycles. The molecule has 0 saturated carbocycles. The molecule has 2 aliphatic rings. The minimum Gasteiger partial charge on any atom is -0.466 e. The number of ketones is 1. The van der Waals surface area contributed by atoms with Crippen LogP contribution >= 0.6 is 0 Å². The second-order valence-corrected chi connectivity index (χ2v) is 6.68. The number of fused-ring (bicyclic) bond motifs is 1. The van der Waals surface area contributed by atoms with Crippen LogP contribution in [0.4, 0.5) is 4.79 Å². The Morgan fingerprint density at radius 3 is 2.80 bits per heavy atom. The van der Waals surface area contributed by atoms with Crippen LogP contribution in [0.2, 0.25) is 0 Å². The van der Waals surface area contributed by atoms with Crippen molar-refractivity contribution in [2.45, 2.75) is 31.7 Å². The predicted octanol–water partition coefficient (Wildman–Crippen LogP) is 2.42. The Morgan fingerprint density at radius 2 is 2.04 bits per heavy atom. The summed E-state index contributed by atoms with van der Waals surface area (Å²) in [5, 5.41) is 2.62. The average Bonchev–Trinajstić information content (AvgIpc) is 3.31. The molecule has 1 fully saturated rings. The van der Waals surface area contributed by atoms with Gasteiger partial charge in [0, 0.05) is 5.56 Å². The second-order valence-electron chi connectivity index (χ2n) is 6.68. The van der Waals surface area contributed by atoms with Crippen molar-refractivity contribution < 1.29 is 18.8 Å². The van der Waals surface area contributed by atoms with E-state index in [9.17, 15) is 14.4 Å². The highest BCUT2D eigenvalue weighted by atomic mass is 16.3. The van der Waals surface area contributed by atoms with E-state index in [4.69, 9.17) is 4.42 Å². The molecule has 1 aromatic heterocycles. The smallest absolute Gasteiger partial charge is 0.325 e. The van der Waals surface area contributed by atoms with E-state index < -0.39 is 17.5 Å². The molecule has 0 bridgehead atoms. The van der Waals surface area contributed by atoms with Crippen LogP contribution in [0.25, 0.3) is 0 Å². The quantitative estimate of drug-likeness (QED) is 0.686. The Balaban J connectivity index is 1.55. The third-order valence-electron chi connectivity index (χ3n) is 5.01. The van der Waals surface area contributed by atoms with Gasteiger partial charge in [-0.3, -0.25) is 14.5 Å². The number of urea groups is 1. The fourth-order valence-electron chi connectivity index (χ4n) is 3.55. The molecule has 1 atom stereocenters. The molecule has 4 rings (SSSR count). The lowest BCUT2D eigenvalue weighted by molar-refractivity contribution is -0.131. The fourth-order valence-corrected chi connectivity index (χ4v) is 3.55. The van der Waals surface area contributed by atoms with Gasteiger partial charge < -0.3 is 9.73 Å². The molecule has 6 heteroatoms. The summed E-state index contributed by atoms with van der Waals surface area (Å²) in [6, 6.07) is 8.32. The normalized spacial score (nSPS) is 22.2. The van der Waals surface area contributed by atoms with Gasteiger partial charge >= 0.3 is 6.03 Å². The first kappa shape index (κ1) is 15.6. The van der Waals surface area contributed by atoms with Gasteiger partial charge in [0.25, 0.3) is 5.91 Å². The summed E-state index contributed by atoms with van der Waals surface area (Å²) in [5.74, 6) is -0.387. The Morgan fingerprint density at radius 1 is 1.24 bits per heavy atom. The lowest BCUT2D eigenvalue weighted by Gasteiger charge is -2.18. The predicted molar refractivity (Wildman–Crippen MR) is 89.1 cm³/mol. The van der Waals surface area contributed by atoms with Crippen molar-refractivity contribution in [3.8, 4) is 0 Å². The summed E-state index contributed by atoms with van der Waals surface area (Å²) in [6.07, 6.45) is 4.55. The van der Waals surface area contributed by atoms with Gasteiger partial charge in [-0.1, -0.05) is 12.1 Å². The number of carbonyl (C=O) groups excluding carboxylic acids is 3. The van der Waals surface area contributed by atoms with E-state index in [0.29, 0.717) is 11.3 Å². The third-order valence-corrected chi connectivity index (χ3v) is 5.01. The maximum Gasteiger partial charge on any atom is 0.325 e. The highest BCUT2D eigenvalue weighted by Crippen LogP contribution is 2.29. The third kappa shape index (κ3) is 2.45. The van der Waals surface area contributed by atoms with E-state index in [0.717, 1.165) is 24.2 Å². The number of hydrogen-bond donors (Lipinski definition) is 1. The number of nitrogens with zero attached hydrogens (tertiary/aromatic N) is 1. The number of hydrogen-bond acceptors (Lipinski definition) is 4. The van der Waals surface area contributed by atoms with Crippen LogP contribution in [0.1, 0.15) is 40.6 Å². The maximum absolute atomic E-state index is 12.7. The largest absolute Gasteiger partial charge is 0.466 e. The van der Waals surface area contributed by atoms with Crippen LogP contribution in [0.15, 0.2) is 41.0 Å². The number of imide groups is 1. The van der Waals surface area contributed by atoms with Gasteiger partial charge in [0.2, 0.25) is 0 Å². The molecular formula is C19H18N2O4. The molecule has 6 nitrogen and oxygen atoms in total. The minimum atomic E-state index is -1.28. The van der Waals surface area contributed by atoms with Gasteiger partial charge in [-0.25, -0.2) is 4.79 Å². The van der Waals surface area contributed by atoms with Crippen molar-refractivity contribution in [3.63, 3.8) is 0 Å². The van der Waals surface area contributed by atoms with Gasteiger partial charge in [0.1, 0.15) is 5.76 Å². The van der Waals surface area contributed by atoms with Crippen molar-refractivity contribution in [2.24, 2.45) is 0 Å². The van der Waals surface area contributed by atoms with Crippen LogP contribution in [0.3, 0.4) is 0 Å². The molecule has 128 valence electrons. The number of Topliss-reactive ketones (excluding diaryl/α,β-unsaturated/α-hetero) is 1. The molecule has 1 saturated heterocycles. The van der Waals surface area contributed by atoms with Crippen molar-refractivity contribution >= 4 is 17.7 Å². The molecule has 3 amide bonds. The van der Waals surface area contributed by atoms with E-state index in [-0.39, 0.29) is 12.3 Å². The van der Waals surface area contributed by atoms with Crippen molar-refractivity contribution in [1.29, 1.82) is 0 Å². The van der Waals surface area contributed by atoms with Crippen LogP contribution < -0.4 is 5.32 Å². The van der Waals surface area contributed by atoms with Crippen molar-refractivity contribution in [3.05, 3.63) is 59.0 Å². The Hall–Kier alpha value is -2.89. The molecule has 25 heavy (non-hydrogen) atoms. The molecule has 1 aliphatic carbocycles. The molecule has 0 unspecified atom stereocenters. The molecule has 2 aromatic rings. The molecule has 1 N–H and O–H groups in total. The number of aryl methyl sites for hydroxylation is 2. The highest BCUT2D eigenvalue weighted by Gasteiger charge is 2.51. The summed E-state index contributed by atoms with van der Waals surface area (Å²) >= 11 is 0. The highest BCUT2D eigenvalue weighted by molar-refractivity contribution is 6.11. The van der Waals surface area contributed by atoms with Crippen molar-refractivity contribution in [2.75, 3.05) is 6.54 Å². The monoisotopic (exact) mass is 338 g/mol. The number of nitrogens with one attached hydrogen (secondary N) is 1. The molecule has 1 aliphatic heterocycles. The average molecular weight is 338 g/mol. The lowest BCUT2D eigenvalue weighted by atomic mass is 9.99. The van der Waals surface area contributed by atoms with Gasteiger partial charge in [0.15, 0.2) is 11.3 Å². The first-order chi connectivity index (χ1) is 12.0. The summed E-state index contributed by atoms with van der Waals surface area (Å²) in [4.78, 5) is 38.5. The molecule has 0 radical (unpaired) electrons. The fraction of sp³-hybridized carbons (Fsp3) is 0.316. The Bertz CT molecular complexity index is 872. The Kier molecular flexibility index (Phi) is 3.49. The first-order valence-electron chi connectivity index (χ1n) is 8.32. The van der Waals surface area contributed by atoms with E-state index in [2.05, 4.69) is 5.32 Å². The number of benzene rings is 1. The van der Waals surface area contributed by atoms with Crippen LogP contribution in [-0.4, -0.2) is 29.2 Å². The van der Waals surface area contributed by atoms with E-state index in [1.165, 1.54) is 17.4 Å². The zero-order valence-electron chi connectivity index (χ0n) is 13.9. The number of rotatable bonds is 4. The topological polar surface area (TPSA) is 79.6 Å². The van der Waals surface area contributed by atoms with Gasteiger partial charge in [-0.15, -0.1) is 0 Å². The number of furan rings is 1. The van der Waals surface area contributed by atoms with Crippen LogP contribution in [0.5, 0.6) is 0 Å². The molecular weight excluding hydrogens is 320 g/mol. The Labute approximate surface area is 144 Å². The zero-order chi connectivity index (χ0) is 17.6. The maximum atomic E-state index is 12.7. The number of amides is 3. The zero-order valence-corrected chi connectivity index (χ0v) is 13.9. The van der Waals surface area contributed by atoms with Gasteiger partial charge in [-0.2, -0.15) is 0 Å². The molecule has 1 aromatic carbocycles. The standard InChI is InChI=1S/C19H18N2O4/c1-19(16-6-3-9-25-16)17(23)21(18(24)20-19)11-15(22)14-8-7-12-4-2-5-13(12)10-14/h3,6-10H,2,4-5,11H2,1H3,(H,20,24)/t19-/m0/s1. The van der Waals surface area contributed by atoms with Crippen LogP contribution in [0, 0.1) is 0 Å². The van der Waals surface area contributed by atoms with Gasteiger partial charge in [0.05, 0.1) is 12.8 Å². The van der Waals surface area contributed by atoms with Gasteiger partial charge in [-0.05, 0) is 55.5 Å². The molecule has 0 spiro atoms. The summed E-state index contributed by atoms with van der Waals surface area (Å²) < 4.78 is 5.28. The van der Waals surface area contributed by atoms with E-state index in [1.807, 2.05) is 12.1 Å². The van der Waals surface area contributed by atoms with E-state index in [1.54, 1.807) is 25.1 Å².